The molecule has 0 rings (SSSR count). The van der Waals surface area contributed by atoms with Crippen LogP contribution in [0.15, 0.2) is 0 Å². The summed E-state index contributed by atoms with van der Waals surface area (Å²) in [6, 6.07) is -0.932. The number of amides is 1. The number of hydrogen-bond donors (Lipinski definition) is 2. The van der Waals surface area contributed by atoms with Crippen LogP contribution >= 0.6 is 0 Å². The van der Waals surface area contributed by atoms with Crippen molar-refractivity contribution in [1.82, 2.24) is 10.6 Å². The van der Waals surface area contributed by atoms with Crippen LogP contribution in [0.5, 0.6) is 0 Å². The molecule has 0 heterocycles. The molecule has 0 bridgehead atoms. The van der Waals surface area contributed by atoms with E-state index >= 15 is 0 Å². The fraction of sp³-hybridized carbons (Fsp3) is 0.900. The number of hydrogen-bond acceptors (Lipinski definition) is 2. The van der Waals surface area contributed by atoms with Gasteiger partial charge in [0.2, 0.25) is 5.91 Å². The molecule has 0 aromatic rings. The lowest BCUT2D eigenvalue weighted by atomic mass is 10.2. The molecular weight excluding hydrogens is 240 g/mol. The molecule has 0 fully saturated rings. The third kappa shape index (κ3) is 6.45. The molecular formula is C10H18F4N2O. The van der Waals surface area contributed by atoms with Gasteiger partial charge in [0, 0.05) is 6.54 Å². The molecule has 0 aliphatic heterocycles. The van der Waals surface area contributed by atoms with E-state index in [9.17, 15) is 22.4 Å². The van der Waals surface area contributed by atoms with Crippen LogP contribution in [-0.4, -0.2) is 37.4 Å². The van der Waals surface area contributed by atoms with E-state index in [2.05, 4.69) is 10.6 Å². The highest BCUT2D eigenvalue weighted by atomic mass is 19.3. The minimum Gasteiger partial charge on any atom is -0.354 e. The molecule has 0 saturated carbocycles. The van der Waals surface area contributed by atoms with Gasteiger partial charge in [0.05, 0.1) is 12.6 Å². The number of alkyl halides is 4. The van der Waals surface area contributed by atoms with Gasteiger partial charge in [-0.05, 0) is 12.8 Å². The van der Waals surface area contributed by atoms with Gasteiger partial charge >= 0.3 is 12.3 Å². The summed E-state index contributed by atoms with van der Waals surface area (Å²) < 4.78 is 48.7. The first-order valence-corrected chi connectivity index (χ1v) is 5.34. The van der Waals surface area contributed by atoms with Crippen molar-refractivity contribution in [2.45, 2.75) is 39.2 Å². The van der Waals surface area contributed by atoms with Crippen molar-refractivity contribution >= 4 is 5.91 Å². The molecule has 0 aromatic carbocycles. The second-order valence-corrected chi connectivity index (χ2v) is 4.30. The van der Waals surface area contributed by atoms with Crippen molar-refractivity contribution < 1.29 is 22.4 Å². The lowest BCUT2D eigenvalue weighted by molar-refractivity contribution is -0.131. The number of rotatable bonds is 7. The highest BCUT2D eigenvalue weighted by Crippen LogP contribution is 2.21. The van der Waals surface area contributed by atoms with Crippen molar-refractivity contribution in [2.24, 2.45) is 5.92 Å². The Bertz CT molecular complexity index is 246. The first-order valence-electron chi connectivity index (χ1n) is 5.34. The van der Waals surface area contributed by atoms with E-state index in [0.29, 0.717) is 6.54 Å². The Kier molecular flexibility index (Phi) is 6.44. The van der Waals surface area contributed by atoms with E-state index in [1.807, 2.05) is 13.8 Å². The molecule has 2 N–H and O–H groups in total. The largest absolute Gasteiger partial charge is 0.354 e. The predicted octanol–water partition coefficient (Wildman–Crippen LogP) is 1.64. The molecule has 0 aliphatic carbocycles. The average molecular weight is 258 g/mol. The van der Waals surface area contributed by atoms with Crippen LogP contribution in [0.4, 0.5) is 17.6 Å². The smallest absolute Gasteiger partial charge is 0.319 e. The summed E-state index contributed by atoms with van der Waals surface area (Å²) in [7, 11) is 0. The Balaban J connectivity index is 4.01. The van der Waals surface area contributed by atoms with Gasteiger partial charge in [-0.25, -0.2) is 8.78 Å². The van der Waals surface area contributed by atoms with Crippen LogP contribution in [0.25, 0.3) is 0 Å². The van der Waals surface area contributed by atoms with Crippen molar-refractivity contribution in [1.29, 1.82) is 0 Å². The zero-order valence-electron chi connectivity index (χ0n) is 10.1. The number of carbonyl (C=O) groups is 1. The van der Waals surface area contributed by atoms with E-state index in [1.54, 1.807) is 0 Å². The Morgan fingerprint density at radius 1 is 1.24 bits per heavy atom. The molecule has 1 amide bonds. The van der Waals surface area contributed by atoms with Crippen LogP contribution in [0.2, 0.25) is 0 Å². The monoisotopic (exact) mass is 258 g/mol. The third-order valence-corrected chi connectivity index (χ3v) is 2.04. The van der Waals surface area contributed by atoms with Crippen LogP contribution in [0, 0.1) is 5.92 Å². The van der Waals surface area contributed by atoms with Gasteiger partial charge in [-0.15, -0.1) is 0 Å². The molecule has 0 saturated heterocycles. The molecule has 0 aliphatic rings. The standard InChI is InChI=1S/C10H18F4N2O/c1-6(2)4-15-8(17)7(3)16-5-10(13,14)9(11)12/h6-7,9,16H,4-5H2,1-3H3,(H,15,17). The van der Waals surface area contributed by atoms with Gasteiger partial charge in [0.15, 0.2) is 0 Å². The van der Waals surface area contributed by atoms with E-state index < -0.39 is 30.8 Å². The van der Waals surface area contributed by atoms with Crippen LogP contribution < -0.4 is 10.6 Å². The maximum Gasteiger partial charge on any atom is 0.319 e. The molecule has 102 valence electrons. The molecule has 7 heteroatoms. The van der Waals surface area contributed by atoms with Gasteiger partial charge in [0.1, 0.15) is 0 Å². The molecule has 1 atom stereocenters. The summed E-state index contributed by atoms with van der Waals surface area (Å²) in [4.78, 5) is 11.3. The highest BCUT2D eigenvalue weighted by Gasteiger charge is 2.40. The fourth-order valence-electron chi connectivity index (χ4n) is 0.917. The van der Waals surface area contributed by atoms with Gasteiger partial charge in [-0.2, -0.15) is 8.78 Å². The second kappa shape index (κ2) is 6.78. The van der Waals surface area contributed by atoms with Crippen molar-refractivity contribution in [3.05, 3.63) is 0 Å². The lowest BCUT2D eigenvalue weighted by Crippen LogP contribution is -2.48. The van der Waals surface area contributed by atoms with Gasteiger partial charge < -0.3 is 10.6 Å². The first kappa shape index (κ1) is 16.1. The summed E-state index contributed by atoms with van der Waals surface area (Å²) in [6.07, 6.45) is -3.74. The SMILES string of the molecule is CC(C)CNC(=O)C(C)NCC(F)(F)C(F)F. The molecule has 3 nitrogen and oxygen atoms in total. The highest BCUT2D eigenvalue weighted by molar-refractivity contribution is 5.81. The van der Waals surface area contributed by atoms with E-state index in [1.165, 1.54) is 6.92 Å². The normalized spacial score (nSPS) is 14.2. The summed E-state index contributed by atoms with van der Waals surface area (Å²) in [5.74, 6) is -4.37. The van der Waals surface area contributed by atoms with E-state index in [4.69, 9.17) is 0 Å². The summed E-state index contributed by atoms with van der Waals surface area (Å²) in [5, 5.41) is 4.60. The van der Waals surface area contributed by atoms with Gasteiger partial charge in [0.25, 0.3) is 0 Å². The van der Waals surface area contributed by atoms with Crippen molar-refractivity contribution in [2.75, 3.05) is 13.1 Å². The number of halogens is 4. The van der Waals surface area contributed by atoms with Crippen molar-refractivity contribution in [3.8, 4) is 0 Å². The topological polar surface area (TPSA) is 41.1 Å². The number of nitrogens with one attached hydrogen (secondary N) is 2. The van der Waals surface area contributed by atoms with E-state index in [-0.39, 0.29) is 5.92 Å². The molecule has 0 spiro atoms. The Morgan fingerprint density at radius 2 is 1.76 bits per heavy atom. The molecule has 0 aromatic heterocycles. The maximum absolute atomic E-state index is 12.5. The van der Waals surface area contributed by atoms with Gasteiger partial charge in [-0.1, -0.05) is 13.8 Å². The molecule has 0 radical (unpaired) electrons. The molecule has 17 heavy (non-hydrogen) atoms. The zero-order valence-corrected chi connectivity index (χ0v) is 10.1. The number of carbonyl (C=O) groups excluding carboxylic acids is 1. The van der Waals surface area contributed by atoms with Crippen LogP contribution in [0.1, 0.15) is 20.8 Å². The average Bonchev–Trinajstić information content (AvgIpc) is 2.22. The third-order valence-electron chi connectivity index (χ3n) is 2.04. The predicted molar refractivity (Wildman–Crippen MR) is 56.3 cm³/mol. The zero-order chi connectivity index (χ0) is 13.6. The summed E-state index contributed by atoms with van der Waals surface area (Å²) in [5.41, 5.74) is 0. The lowest BCUT2D eigenvalue weighted by Gasteiger charge is -2.19. The fourth-order valence-corrected chi connectivity index (χ4v) is 0.917. The molecule has 1 unspecified atom stereocenters. The second-order valence-electron chi connectivity index (χ2n) is 4.30. The quantitative estimate of drug-likeness (QED) is 0.682. The van der Waals surface area contributed by atoms with Crippen LogP contribution in [0.3, 0.4) is 0 Å². The van der Waals surface area contributed by atoms with Gasteiger partial charge in [-0.3, -0.25) is 4.79 Å². The first-order chi connectivity index (χ1) is 7.66. The minimum atomic E-state index is -4.12. The van der Waals surface area contributed by atoms with Crippen molar-refractivity contribution in [3.63, 3.8) is 0 Å². The maximum atomic E-state index is 12.5. The summed E-state index contributed by atoms with van der Waals surface area (Å²) in [6.45, 7) is 4.29. The Labute approximate surface area is 97.9 Å². The van der Waals surface area contributed by atoms with E-state index in [0.717, 1.165) is 0 Å². The Hall–Kier alpha value is -0.850. The summed E-state index contributed by atoms with van der Waals surface area (Å²) >= 11 is 0. The minimum absolute atomic E-state index is 0.230. The Morgan fingerprint density at radius 3 is 2.18 bits per heavy atom. The van der Waals surface area contributed by atoms with Crippen LogP contribution in [-0.2, 0) is 4.79 Å².